The van der Waals surface area contributed by atoms with Crippen LogP contribution in [-0.4, -0.2) is 10.2 Å². The molecule has 0 unspecified atom stereocenters. The van der Waals surface area contributed by atoms with Crippen LogP contribution < -0.4 is 5.73 Å². The number of rotatable bonds is 1. The Labute approximate surface area is 76.2 Å². The van der Waals surface area contributed by atoms with Crippen molar-refractivity contribution >= 4 is 5.69 Å². The van der Waals surface area contributed by atoms with E-state index in [1.807, 2.05) is 36.4 Å². The summed E-state index contributed by atoms with van der Waals surface area (Å²) in [7, 11) is 0. The number of benzene rings is 1. The van der Waals surface area contributed by atoms with Gasteiger partial charge in [-0.3, -0.25) is 0 Å². The van der Waals surface area contributed by atoms with Gasteiger partial charge in [0.1, 0.15) is 0 Å². The first kappa shape index (κ1) is 7.73. The number of anilines is 1. The summed E-state index contributed by atoms with van der Waals surface area (Å²) >= 11 is 0. The quantitative estimate of drug-likeness (QED) is 0.665. The van der Waals surface area contributed by atoms with Gasteiger partial charge >= 0.3 is 0 Å². The van der Waals surface area contributed by atoms with Crippen LogP contribution >= 0.6 is 0 Å². The van der Waals surface area contributed by atoms with E-state index in [1.165, 1.54) is 0 Å². The summed E-state index contributed by atoms with van der Waals surface area (Å²) in [6.45, 7) is 0. The SMILES string of the molecule is Nc1ccc(-c2cccnn2)cc1. The van der Waals surface area contributed by atoms with Crippen LogP contribution in [0.5, 0.6) is 0 Å². The molecule has 0 bridgehead atoms. The zero-order chi connectivity index (χ0) is 9.10. The molecule has 0 radical (unpaired) electrons. The molecule has 0 atom stereocenters. The van der Waals surface area contributed by atoms with Crippen LogP contribution in [-0.2, 0) is 0 Å². The van der Waals surface area contributed by atoms with E-state index in [-0.39, 0.29) is 0 Å². The van der Waals surface area contributed by atoms with Gasteiger partial charge in [-0.1, -0.05) is 12.1 Å². The molecule has 2 N–H and O–H groups in total. The molecule has 2 aromatic rings. The maximum atomic E-state index is 5.57. The Kier molecular flexibility index (Phi) is 1.92. The van der Waals surface area contributed by atoms with Crippen molar-refractivity contribution < 1.29 is 0 Å². The van der Waals surface area contributed by atoms with Gasteiger partial charge < -0.3 is 5.73 Å². The third-order valence-electron chi connectivity index (χ3n) is 1.78. The molecule has 0 aliphatic rings. The molecule has 1 heterocycles. The maximum absolute atomic E-state index is 5.57. The Bertz CT molecular complexity index is 381. The highest BCUT2D eigenvalue weighted by atomic mass is 15.1. The molecule has 13 heavy (non-hydrogen) atoms. The molecule has 0 aliphatic carbocycles. The van der Waals surface area contributed by atoms with Crippen LogP contribution in [0.4, 0.5) is 5.69 Å². The average Bonchev–Trinajstić information content (AvgIpc) is 2.20. The van der Waals surface area contributed by atoms with Crippen LogP contribution in [0.25, 0.3) is 11.3 Å². The second-order valence-electron chi connectivity index (χ2n) is 2.73. The normalized spacial score (nSPS) is 9.85. The Balaban J connectivity index is 2.42. The fourth-order valence-electron chi connectivity index (χ4n) is 1.11. The lowest BCUT2D eigenvalue weighted by Gasteiger charge is -1.98. The number of aromatic nitrogens is 2. The molecular formula is C10H9N3. The van der Waals surface area contributed by atoms with Crippen molar-refractivity contribution in [2.24, 2.45) is 0 Å². The Hall–Kier alpha value is -1.90. The fourth-order valence-corrected chi connectivity index (χ4v) is 1.11. The third kappa shape index (κ3) is 1.64. The van der Waals surface area contributed by atoms with Crippen molar-refractivity contribution in [2.75, 3.05) is 5.73 Å². The number of nitrogens with two attached hydrogens (primary N) is 1. The van der Waals surface area contributed by atoms with E-state index in [1.54, 1.807) is 6.20 Å². The minimum Gasteiger partial charge on any atom is -0.399 e. The predicted molar refractivity (Wildman–Crippen MR) is 51.9 cm³/mol. The average molecular weight is 171 g/mol. The van der Waals surface area contributed by atoms with Crippen molar-refractivity contribution in [3.05, 3.63) is 42.6 Å². The lowest BCUT2D eigenvalue weighted by molar-refractivity contribution is 1.04. The second-order valence-corrected chi connectivity index (χ2v) is 2.73. The Morgan fingerprint density at radius 2 is 1.77 bits per heavy atom. The van der Waals surface area contributed by atoms with Gasteiger partial charge in [0.15, 0.2) is 0 Å². The molecule has 2 rings (SSSR count). The van der Waals surface area contributed by atoms with Crippen molar-refractivity contribution in [1.82, 2.24) is 10.2 Å². The van der Waals surface area contributed by atoms with Crippen LogP contribution in [0, 0.1) is 0 Å². The zero-order valence-electron chi connectivity index (χ0n) is 7.01. The van der Waals surface area contributed by atoms with E-state index in [2.05, 4.69) is 10.2 Å². The molecule has 0 spiro atoms. The smallest absolute Gasteiger partial charge is 0.0929 e. The minimum absolute atomic E-state index is 0.757. The molecule has 3 heteroatoms. The van der Waals surface area contributed by atoms with Crippen LogP contribution in [0.3, 0.4) is 0 Å². The minimum atomic E-state index is 0.757. The van der Waals surface area contributed by atoms with Gasteiger partial charge in [-0.15, -0.1) is 0 Å². The Morgan fingerprint density at radius 3 is 2.38 bits per heavy atom. The molecular weight excluding hydrogens is 162 g/mol. The summed E-state index contributed by atoms with van der Waals surface area (Å²) in [6.07, 6.45) is 1.65. The molecule has 0 saturated carbocycles. The number of nitrogens with zero attached hydrogens (tertiary/aromatic N) is 2. The van der Waals surface area contributed by atoms with E-state index < -0.39 is 0 Å². The summed E-state index contributed by atoms with van der Waals surface area (Å²) in [5.41, 5.74) is 8.22. The molecule has 1 aromatic carbocycles. The van der Waals surface area contributed by atoms with Crippen LogP contribution in [0.15, 0.2) is 42.6 Å². The highest BCUT2D eigenvalue weighted by Gasteiger charge is 1.96. The van der Waals surface area contributed by atoms with Crippen molar-refractivity contribution in [2.45, 2.75) is 0 Å². The Morgan fingerprint density at radius 1 is 1.00 bits per heavy atom. The van der Waals surface area contributed by atoms with E-state index in [9.17, 15) is 0 Å². The van der Waals surface area contributed by atoms with Crippen molar-refractivity contribution in [3.8, 4) is 11.3 Å². The molecule has 0 aliphatic heterocycles. The number of nitrogen functional groups attached to an aromatic ring is 1. The maximum Gasteiger partial charge on any atom is 0.0929 e. The van der Waals surface area contributed by atoms with Gasteiger partial charge in [-0.05, 0) is 24.3 Å². The van der Waals surface area contributed by atoms with Gasteiger partial charge in [0, 0.05) is 17.4 Å². The van der Waals surface area contributed by atoms with Gasteiger partial charge in [0.05, 0.1) is 5.69 Å². The first-order valence-electron chi connectivity index (χ1n) is 4.00. The largest absolute Gasteiger partial charge is 0.399 e. The highest BCUT2D eigenvalue weighted by Crippen LogP contribution is 2.16. The molecule has 64 valence electrons. The van der Waals surface area contributed by atoms with Gasteiger partial charge in [0.25, 0.3) is 0 Å². The van der Waals surface area contributed by atoms with Gasteiger partial charge in [0.2, 0.25) is 0 Å². The summed E-state index contributed by atoms with van der Waals surface area (Å²) in [6, 6.07) is 11.3. The molecule has 1 aromatic heterocycles. The molecule has 0 saturated heterocycles. The molecule has 0 fully saturated rings. The third-order valence-corrected chi connectivity index (χ3v) is 1.78. The highest BCUT2D eigenvalue weighted by molar-refractivity contribution is 5.61. The van der Waals surface area contributed by atoms with Crippen LogP contribution in [0.1, 0.15) is 0 Å². The van der Waals surface area contributed by atoms with E-state index >= 15 is 0 Å². The van der Waals surface area contributed by atoms with Crippen molar-refractivity contribution in [3.63, 3.8) is 0 Å². The monoisotopic (exact) mass is 171 g/mol. The lowest BCUT2D eigenvalue weighted by atomic mass is 10.1. The summed E-state index contributed by atoms with van der Waals surface area (Å²) in [4.78, 5) is 0. The van der Waals surface area contributed by atoms with Crippen LogP contribution in [0.2, 0.25) is 0 Å². The standard InChI is InChI=1S/C10H9N3/c11-9-5-3-8(4-6-9)10-2-1-7-12-13-10/h1-7H,11H2. The zero-order valence-corrected chi connectivity index (χ0v) is 7.01. The second kappa shape index (κ2) is 3.23. The summed E-state index contributed by atoms with van der Waals surface area (Å²) in [5.74, 6) is 0. The van der Waals surface area contributed by atoms with E-state index in [4.69, 9.17) is 5.73 Å². The topological polar surface area (TPSA) is 51.8 Å². The number of hydrogen-bond acceptors (Lipinski definition) is 3. The fraction of sp³-hybridized carbons (Fsp3) is 0. The van der Waals surface area contributed by atoms with Crippen molar-refractivity contribution in [1.29, 1.82) is 0 Å². The van der Waals surface area contributed by atoms with Gasteiger partial charge in [-0.2, -0.15) is 10.2 Å². The van der Waals surface area contributed by atoms with E-state index in [0.29, 0.717) is 0 Å². The first-order chi connectivity index (χ1) is 6.36. The first-order valence-corrected chi connectivity index (χ1v) is 4.00. The predicted octanol–water partition coefficient (Wildman–Crippen LogP) is 1.73. The lowest BCUT2D eigenvalue weighted by Crippen LogP contribution is -1.87. The van der Waals surface area contributed by atoms with E-state index in [0.717, 1.165) is 16.9 Å². The molecule has 3 nitrogen and oxygen atoms in total. The summed E-state index contributed by atoms with van der Waals surface area (Å²) in [5, 5.41) is 7.79. The number of hydrogen-bond donors (Lipinski definition) is 1. The van der Waals surface area contributed by atoms with Gasteiger partial charge in [-0.25, -0.2) is 0 Å². The summed E-state index contributed by atoms with van der Waals surface area (Å²) < 4.78 is 0. The molecule has 0 amide bonds.